The average molecular weight is 584 g/mol. The zero-order valence-corrected chi connectivity index (χ0v) is 23.4. The molecule has 2 unspecified atom stereocenters. The summed E-state index contributed by atoms with van der Waals surface area (Å²) in [5, 5.41) is 0.909. The Bertz CT molecular complexity index is 1210. The Kier molecular flexibility index (Phi) is 5.26. The van der Waals surface area contributed by atoms with E-state index in [1.807, 2.05) is 23.5 Å². The van der Waals surface area contributed by atoms with Crippen LogP contribution < -0.4 is 0 Å². The maximum atomic E-state index is 3.70. The van der Waals surface area contributed by atoms with E-state index in [2.05, 4.69) is 96.0 Å². The molecule has 0 N–H and O–H groups in total. The highest BCUT2D eigenvalue weighted by Gasteiger charge is 2.34. The van der Waals surface area contributed by atoms with Gasteiger partial charge in [-0.1, -0.05) is 24.3 Å². The molecule has 2 atom stereocenters. The van der Waals surface area contributed by atoms with Crippen LogP contribution in [0, 0.1) is 0 Å². The molecule has 0 nitrogen and oxygen atoms in total. The molecule has 0 aromatic heterocycles. The third-order valence-corrected chi connectivity index (χ3v) is 11.0. The van der Waals surface area contributed by atoms with Gasteiger partial charge in [0.25, 0.3) is 0 Å². The van der Waals surface area contributed by atoms with E-state index < -0.39 is 0 Å². The average Bonchev–Trinajstić information content (AvgIpc) is 3.46. The SMILES string of the molecule is CC1=C(CCC2=C(C)C=C3C2=CC2SC(Br)=CC2=C3C)C2=CC3SC(Br)=CC3=C(C)C2=C1. The standard InChI is InChI=1S/C28H24Br2S2/c1-13-7-19-15(3)21-11-27(29)31-25(21)9-23(19)17(13)5-6-18-14(2)8-20-16(4)22-12-28(30)32-26(22)10-24(18)20/h7-12,25-26H,5-6H2,1-4H3. The molecule has 0 fully saturated rings. The van der Waals surface area contributed by atoms with Gasteiger partial charge in [0.15, 0.2) is 0 Å². The molecule has 6 rings (SSSR count). The minimum Gasteiger partial charge on any atom is -0.106 e. The second-order valence-electron chi connectivity index (χ2n) is 9.23. The van der Waals surface area contributed by atoms with Gasteiger partial charge in [-0.25, -0.2) is 0 Å². The Balaban J connectivity index is 1.25. The maximum absolute atomic E-state index is 3.70. The van der Waals surface area contributed by atoms with Crippen molar-refractivity contribution in [2.24, 2.45) is 0 Å². The molecule has 0 aromatic carbocycles. The number of hydrogen-bond donors (Lipinski definition) is 0. The van der Waals surface area contributed by atoms with E-state index in [4.69, 9.17) is 0 Å². The Morgan fingerprint density at radius 3 is 1.44 bits per heavy atom. The first-order valence-corrected chi connectivity index (χ1v) is 14.4. The van der Waals surface area contributed by atoms with Gasteiger partial charge in [0, 0.05) is 0 Å². The molecule has 0 saturated carbocycles. The molecule has 0 amide bonds. The van der Waals surface area contributed by atoms with Crippen molar-refractivity contribution < 1.29 is 0 Å². The second-order valence-corrected chi connectivity index (χ2v) is 14.4. The Hall–Kier alpha value is -0.940. The number of hydrogen-bond acceptors (Lipinski definition) is 2. The summed E-state index contributed by atoms with van der Waals surface area (Å²) in [5.41, 5.74) is 17.6. The zero-order chi connectivity index (χ0) is 22.3. The monoisotopic (exact) mass is 582 g/mol. The minimum atomic E-state index is 0.454. The van der Waals surface area contributed by atoms with Crippen LogP contribution in [0.3, 0.4) is 0 Å². The van der Waals surface area contributed by atoms with Crippen molar-refractivity contribution in [3.63, 3.8) is 0 Å². The number of thioether (sulfide) groups is 2. The van der Waals surface area contributed by atoms with Crippen LogP contribution in [0.25, 0.3) is 0 Å². The fourth-order valence-corrected chi connectivity index (χ4v) is 9.51. The van der Waals surface area contributed by atoms with Crippen LogP contribution in [0.2, 0.25) is 0 Å². The predicted molar refractivity (Wildman–Crippen MR) is 149 cm³/mol. The van der Waals surface area contributed by atoms with Crippen molar-refractivity contribution >= 4 is 55.4 Å². The van der Waals surface area contributed by atoms with Crippen molar-refractivity contribution in [1.82, 2.24) is 0 Å². The molecule has 32 heavy (non-hydrogen) atoms. The lowest BCUT2D eigenvalue weighted by Crippen LogP contribution is -2.11. The lowest BCUT2D eigenvalue weighted by atomic mass is 9.83. The summed E-state index contributed by atoms with van der Waals surface area (Å²) in [6.07, 6.45) is 16.7. The van der Waals surface area contributed by atoms with Gasteiger partial charge < -0.3 is 0 Å². The molecule has 4 aliphatic carbocycles. The molecule has 0 bridgehead atoms. The van der Waals surface area contributed by atoms with Crippen LogP contribution in [0.4, 0.5) is 0 Å². The Labute approximate surface area is 216 Å². The molecule has 2 aliphatic heterocycles. The largest absolute Gasteiger partial charge is 0.106 e. The van der Waals surface area contributed by atoms with Gasteiger partial charge in [-0.05, 0) is 151 Å². The van der Waals surface area contributed by atoms with Crippen LogP contribution >= 0.6 is 55.4 Å². The van der Waals surface area contributed by atoms with Gasteiger partial charge in [-0.2, -0.15) is 0 Å². The van der Waals surface area contributed by atoms with Crippen LogP contribution in [0.5, 0.6) is 0 Å². The van der Waals surface area contributed by atoms with E-state index in [1.165, 1.54) is 63.4 Å². The summed E-state index contributed by atoms with van der Waals surface area (Å²) < 4.78 is 2.50. The third kappa shape index (κ3) is 3.24. The van der Waals surface area contributed by atoms with Gasteiger partial charge in [0.2, 0.25) is 0 Å². The highest BCUT2D eigenvalue weighted by Crippen LogP contribution is 2.53. The normalized spacial score (nSPS) is 28.3. The number of fused-ring (bicyclic) bond motifs is 4. The summed E-state index contributed by atoms with van der Waals surface area (Å²) in [6.45, 7) is 9.19. The van der Waals surface area contributed by atoms with Gasteiger partial charge >= 0.3 is 0 Å². The smallest absolute Gasteiger partial charge is 0.0542 e. The molecular weight excluding hydrogens is 560 g/mol. The number of allylic oxidation sites excluding steroid dienone is 14. The quantitative estimate of drug-likeness (QED) is 0.324. The fraction of sp³-hybridized carbons (Fsp3) is 0.286. The zero-order valence-electron chi connectivity index (χ0n) is 18.6. The van der Waals surface area contributed by atoms with E-state index in [1.54, 1.807) is 11.1 Å². The van der Waals surface area contributed by atoms with Crippen molar-refractivity contribution in [2.45, 2.75) is 51.0 Å². The molecule has 0 saturated heterocycles. The molecule has 162 valence electrons. The summed E-state index contributed by atoms with van der Waals surface area (Å²) in [6, 6.07) is 0. The van der Waals surface area contributed by atoms with E-state index in [0.717, 1.165) is 12.8 Å². The van der Waals surface area contributed by atoms with Crippen LogP contribution in [0.1, 0.15) is 40.5 Å². The third-order valence-electron chi connectivity index (χ3n) is 7.47. The first-order chi connectivity index (χ1) is 15.3. The minimum absolute atomic E-state index is 0.454. The van der Waals surface area contributed by atoms with Gasteiger partial charge in [-0.15, -0.1) is 23.5 Å². The summed E-state index contributed by atoms with van der Waals surface area (Å²) in [4.78, 5) is 0. The van der Waals surface area contributed by atoms with Crippen molar-refractivity contribution in [2.75, 3.05) is 0 Å². The summed E-state index contributed by atoms with van der Waals surface area (Å²) in [5.74, 6) is 0. The van der Waals surface area contributed by atoms with E-state index in [0.29, 0.717) is 10.5 Å². The highest BCUT2D eigenvalue weighted by molar-refractivity contribution is 9.14. The van der Waals surface area contributed by atoms with Crippen LogP contribution in [0.15, 0.2) is 111 Å². The van der Waals surface area contributed by atoms with Crippen LogP contribution in [-0.4, -0.2) is 10.5 Å². The van der Waals surface area contributed by atoms with Gasteiger partial charge in [0.1, 0.15) is 0 Å². The highest BCUT2D eigenvalue weighted by atomic mass is 79.9. The predicted octanol–water partition coefficient (Wildman–Crippen LogP) is 9.50. The molecule has 2 heterocycles. The van der Waals surface area contributed by atoms with Gasteiger partial charge in [-0.3, -0.25) is 0 Å². The van der Waals surface area contributed by atoms with E-state index >= 15 is 0 Å². The topological polar surface area (TPSA) is 0 Å². The molecular formula is C28H24Br2S2. The molecule has 0 spiro atoms. The lowest BCUT2D eigenvalue weighted by molar-refractivity contribution is 0.928. The number of rotatable bonds is 3. The van der Waals surface area contributed by atoms with Crippen LogP contribution in [-0.2, 0) is 0 Å². The molecule has 0 radical (unpaired) electrons. The van der Waals surface area contributed by atoms with Crippen molar-refractivity contribution in [1.29, 1.82) is 0 Å². The van der Waals surface area contributed by atoms with E-state index in [9.17, 15) is 0 Å². The Morgan fingerprint density at radius 2 is 1.03 bits per heavy atom. The molecule has 4 heteroatoms. The first kappa shape index (κ1) is 21.6. The first-order valence-electron chi connectivity index (χ1n) is 11.1. The fourth-order valence-electron chi connectivity index (χ4n) is 5.78. The lowest BCUT2D eigenvalue weighted by Gasteiger charge is -2.24. The summed E-state index contributed by atoms with van der Waals surface area (Å²) >= 11 is 11.3. The molecule has 0 aromatic rings. The number of halogens is 2. The Morgan fingerprint density at radius 1 is 0.625 bits per heavy atom. The molecule has 6 aliphatic rings. The van der Waals surface area contributed by atoms with Crippen molar-refractivity contribution in [3.05, 3.63) is 111 Å². The second kappa shape index (κ2) is 7.80. The maximum Gasteiger partial charge on any atom is 0.0542 e. The van der Waals surface area contributed by atoms with Gasteiger partial charge in [0.05, 0.1) is 18.1 Å². The van der Waals surface area contributed by atoms with E-state index in [-0.39, 0.29) is 0 Å². The summed E-state index contributed by atoms with van der Waals surface area (Å²) in [7, 11) is 0. The van der Waals surface area contributed by atoms with Crippen molar-refractivity contribution in [3.8, 4) is 0 Å².